The highest BCUT2D eigenvalue weighted by atomic mass is 16.3. The first kappa shape index (κ1) is 26.7. The van der Waals surface area contributed by atoms with Crippen molar-refractivity contribution in [2.75, 3.05) is 0 Å². The first-order valence-corrected chi connectivity index (χ1v) is 16.1. The number of fused-ring (bicyclic) bond motifs is 10. The second kappa shape index (κ2) is 10.2. The molecule has 0 aliphatic rings. The first-order chi connectivity index (χ1) is 23.7. The number of hydrogen-bond donors (Lipinski definition) is 0. The Morgan fingerprint density at radius 1 is 0.417 bits per heavy atom. The van der Waals surface area contributed by atoms with Crippen LogP contribution >= 0.6 is 0 Å². The van der Waals surface area contributed by atoms with E-state index < -0.39 is 0 Å². The maximum absolute atomic E-state index is 13.2. The molecule has 10 rings (SSSR count). The molecule has 4 nitrogen and oxygen atoms in total. The van der Waals surface area contributed by atoms with Gasteiger partial charge in [-0.3, -0.25) is 4.79 Å². The summed E-state index contributed by atoms with van der Waals surface area (Å²) in [5, 5.41) is 8.22. The van der Waals surface area contributed by atoms with E-state index in [1.54, 1.807) is 16.5 Å². The lowest BCUT2D eigenvalue weighted by atomic mass is 9.91. The minimum absolute atomic E-state index is 0.126. The number of imidazole rings is 1. The monoisotopic (exact) mass is 614 g/mol. The van der Waals surface area contributed by atoms with Crippen molar-refractivity contribution in [3.05, 3.63) is 168 Å². The molecule has 0 atom stereocenters. The van der Waals surface area contributed by atoms with E-state index in [0.29, 0.717) is 16.8 Å². The predicted molar refractivity (Wildman–Crippen MR) is 198 cm³/mol. The van der Waals surface area contributed by atoms with Gasteiger partial charge in [-0.2, -0.15) is 4.98 Å². The number of rotatable bonds is 3. The fourth-order valence-corrected chi connectivity index (χ4v) is 7.27. The molecule has 0 N–H and O–H groups in total. The molecular weight excluding hydrogens is 588 g/mol. The van der Waals surface area contributed by atoms with Crippen LogP contribution in [0.3, 0.4) is 0 Å². The lowest BCUT2D eigenvalue weighted by Gasteiger charge is -2.12. The van der Waals surface area contributed by atoms with Crippen LogP contribution in [-0.2, 0) is 0 Å². The SMILES string of the molecule is O=c1c2ccccc2oc2nc3cc(-c4ccc(-c5cccc(-c6ccc7c8ccccc8c8ccccc8c7c6)c5)cc4)ccc3n12. The quantitative estimate of drug-likeness (QED) is 0.186. The molecule has 0 fully saturated rings. The lowest BCUT2D eigenvalue weighted by molar-refractivity contribution is 0.616. The van der Waals surface area contributed by atoms with Crippen LogP contribution in [0.2, 0.25) is 0 Å². The summed E-state index contributed by atoms with van der Waals surface area (Å²) >= 11 is 0. The summed E-state index contributed by atoms with van der Waals surface area (Å²) < 4.78 is 7.53. The van der Waals surface area contributed by atoms with Gasteiger partial charge in [0.25, 0.3) is 5.56 Å². The molecule has 0 aliphatic carbocycles. The van der Waals surface area contributed by atoms with Gasteiger partial charge in [-0.1, -0.05) is 121 Å². The zero-order valence-electron chi connectivity index (χ0n) is 25.7. The minimum Gasteiger partial charge on any atom is -0.424 e. The Morgan fingerprint density at radius 2 is 0.917 bits per heavy atom. The molecule has 0 aliphatic heterocycles. The molecule has 2 heterocycles. The van der Waals surface area contributed by atoms with Gasteiger partial charge in [-0.05, 0) is 102 Å². The highest BCUT2D eigenvalue weighted by molar-refractivity contribution is 6.25. The number of hydrogen-bond acceptors (Lipinski definition) is 3. The second-order valence-electron chi connectivity index (χ2n) is 12.3. The van der Waals surface area contributed by atoms with E-state index in [1.165, 1.54) is 43.4 Å². The van der Waals surface area contributed by atoms with Crippen LogP contribution in [-0.4, -0.2) is 9.38 Å². The third kappa shape index (κ3) is 4.03. The number of para-hydroxylation sites is 1. The van der Waals surface area contributed by atoms with Gasteiger partial charge in [-0.25, -0.2) is 4.40 Å². The summed E-state index contributed by atoms with van der Waals surface area (Å²) in [6, 6.07) is 54.9. The second-order valence-corrected chi connectivity index (χ2v) is 12.3. The molecule has 0 spiro atoms. The summed E-state index contributed by atoms with van der Waals surface area (Å²) in [7, 11) is 0. The average Bonchev–Trinajstić information content (AvgIpc) is 3.53. The van der Waals surface area contributed by atoms with Gasteiger partial charge in [0.1, 0.15) is 5.58 Å². The van der Waals surface area contributed by atoms with Crippen molar-refractivity contribution >= 4 is 60.2 Å². The Balaban J connectivity index is 1.01. The van der Waals surface area contributed by atoms with E-state index in [9.17, 15) is 4.79 Å². The third-order valence-corrected chi connectivity index (χ3v) is 9.64. The van der Waals surface area contributed by atoms with Crippen molar-refractivity contribution < 1.29 is 4.42 Å². The standard InChI is InChI=1S/C44H26N2O2/c47-43-38-14-5-6-15-42(38)48-44-45-40-26-32(21-23-41(40)46(43)44)28-18-16-27(17-19-28)29-8-7-9-30(24-29)31-20-22-37-35-12-2-1-10-33(35)34-11-3-4-13-36(34)39(37)25-31/h1-26H. The molecular formula is C44H26N2O2. The zero-order chi connectivity index (χ0) is 31.8. The highest BCUT2D eigenvalue weighted by Gasteiger charge is 2.14. The molecule has 0 saturated carbocycles. The van der Waals surface area contributed by atoms with E-state index in [2.05, 4.69) is 120 Å². The Hall–Kier alpha value is -6.52. The smallest absolute Gasteiger partial charge is 0.310 e. The van der Waals surface area contributed by atoms with Gasteiger partial charge in [0.2, 0.25) is 0 Å². The van der Waals surface area contributed by atoms with Crippen molar-refractivity contribution in [1.29, 1.82) is 0 Å². The predicted octanol–water partition coefficient (Wildman–Crippen LogP) is 11.1. The summed E-state index contributed by atoms with van der Waals surface area (Å²) in [6.45, 7) is 0. The maximum Gasteiger partial charge on any atom is 0.310 e. The van der Waals surface area contributed by atoms with E-state index >= 15 is 0 Å². The van der Waals surface area contributed by atoms with Gasteiger partial charge in [0, 0.05) is 0 Å². The van der Waals surface area contributed by atoms with Gasteiger partial charge in [0.15, 0.2) is 0 Å². The van der Waals surface area contributed by atoms with E-state index in [0.717, 1.165) is 33.3 Å². The van der Waals surface area contributed by atoms with Gasteiger partial charge < -0.3 is 4.42 Å². The molecule has 0 radical (unpaired) electrons. The van der Waals surface area contributed by atoms with Gasteiger partial charge in [0.05, 0.1) is 16.4 Å². The van der Waals surface area contributed by atoms with E-state index in [-0.39, 0.29) is 5.56 Å². The summed E-state index contributed by atoms with van der Waals surface area (Å²) in [5.74, 6) is 0.300. The molecule has 0 saturated heterocycles. The van der Waals surface area contributed by atoms with Crippen LogP contribution in [0.4, 0.5) is 0 Å². The average molecular weight is 615 g/mol. The van der Waals surface area contributed by atoms with E-state index in [4.69, 9.17) is 4.42 Å². The number of nitrogens with zero attached hydrogens (tertiary/aromatic N) is 2. The Bertz CT molecular complexity index is 2930. The first-order valence-electron chi connectivity index (χ1n) is 16.1. The van der Waals surface area contributed by atoms with Crippen LogP contribution in [0.1, 0.15) is 0 Å². The summed E-state index contributed by atoms with van der Waals surface area (Å²) in [4.78, 5) is 17.9. The molecule has 0 unspecified atom stereocenters. The number of benzene rings is 8. The van der Waals surface area contributed by atoms with Crippen molar-refractivity contribution in [3.63, 3.8) is 0 Å². The minimum atomic E-state index is -0.126. The zero-order valence-corrected chi connectivity index (χ0v) is 25.7. The van der Waals surface area contributed by atoms with Crippen LogP contribution in [0.25, 0.3) is 93.5 Å². The number of aromatic nitrogens is 2. The fraction of sp³-hybridized carbons (Fsp3) is 0. The van der Waals surface area contributed by atoms with Crippen LogP contribution in [0.15, 0.2) is 167 Å². The van der Waals surface area contributed by atoms with E-state index in [1.807, 2.05) is 30.3 Å². The van der Waals surface area contributed by atoms with Gasteiger partial charge >= 0.3 is 5.84 Å². The molecule has 48 heavy (non-hydrogen) atoms. The highest BCUT2D eigenvalue weighted by Crippen LogP contribution is 2.38. The van der Waals surface area contributed by atoms with Crippen molar-refractivity contribution in [3.8, 4) is 33.4 Å². The van der Waals surface area contributed by atoms with Crippen molar-refractivity contribution in [2.24, 2.45) is 0 Å². The largest absolute Gasteiger partial charge is 0.424 e. The summed E-state index contributed by atoms with van der Waals surface area (Å²) in [6.07, 6.45) is 0. The molecule has 8 aromatic carbocycles. The maximum atomic E-state index is 13.2. The molecule has 224 valence electrons. The normalized spacial score (nSPS) is 11.8. The van der Waals surface area contributed by atoms with Gasteiger partial charge in [-0.15, -0.1) is 0 Å². The fourth-order valence-electron chi connectivity index (χ4n) is 7.27. The summed E-state index contributed by atoms with van der Waals surface area (Å²) in [5.41, 5.74) is 8.65. The molecule has 0 bridgehead atoms. The Morgan fingerprint density at radius 3 is 1.60 bits per heavy atom. The van der Waals surface area contributed by atoms with Crippen LogP contribution in [0.5, 0.6) is 0 Å². The third-order valence-electron chi connectivity index (χ3n) is 9.64. The van der Waals surface area contributed by atoms with Crippen LogP contribution in [0, 0.1) is 0 Å². The van der Waals surface area contributed by atoms with Crippen molar-refractivity contribution in [2.45, 2.75) is 0 Å². The Labute approximate surface area is 274 Å². The molecule has 10 aromatic rings. The van der Waals surface area contributed by atoms with Crippen molar-refractivity contribution in [1.82, 2.24) is 9.38 Å². The Kier molecular flexibility index (Phi) is 5.69. The molecule has 2 aromatic heterocycles. The van der Waals surface area contributed by atoms with Crippen LogP contribution < -0.4 is 5.56 Å². The lowest BCUT2D eigenvalue weighted by Crippen LogP contribution is -2.12. The molecule has 0 amide bonds. The molecule has 4 heteroatoms. The topological polar surface area (TPSA) is 47.5 Å².